The molecule has 4 N–H and O–H groups in total. The smallest absolute Gasteiger partial charge is 0.223 e. The van der Waals surface area contributed by atoms with Gasteiger partial charge in [-0.1, -0.05) is 29.3 Å². The van der Waals surface area contributed by atoms with Gasteiger partial charge in [-0.25, -0.2) is 0 Å². The van der Waals surface area contributed by atoms with E-state index in [1.807, 2.05) is 13.0 Å². The Kier molecular flexibility index (Phi) is 5.91. The molecule has 120 valence electrons. The van der Waals surface area contributed by atoms with Crippen molar-refractivity contribution in [3.63, 3.8) is 0 Å². The summed E-state index contributed by atoms with van der Waals surface area (Å²) in [7, 11) is 0. The minimum atomic E-state index is -0.0884. The summed E-state index contributed by atoms with van der Waals surface area (Å²) >= 11 is 12.0. The molecule has 1 saturated carbocycles. The molecule has 2 rings (SSSR count). The monoisotopic (exact) mass is 342 g/mol. The Hall–Kier alpha value is -1.46. The maximum absolute atomic E-state index is 11.4. The van der Waals surface area contributed by atoms with Gasteiger partial charge in [-0.2, -0.15) is 0 Å². The number of benzene rings is 1. The number of nitrogens with two attached hydrogens (primary N) is 1. The van der Waals surface area contributed by atoms with Crippen LogP contribution in [0, 0.1) is 5.92 Å². The van der Waals surface area contributed by atoms with Gasteiger partial charge in [0.25, 0.3) is 0 Å². The van der Waals surface area contributed by atoms with Crippen LogP contribution in [0.4, 0.5) is 0 Å². The average molecular weight is 343 g/mol. The zero-order valence-corrected chi connectivity index (χ0v) is 13.9. The summed E-state index contributed by atoms with van der Waals surface area (Å²) in [6, 6.07) is 5.24. The number of carbonyl (C=O) groups excluding carboxylic acids is 1. The summed E-state index contributed by atoms with van der Waals surface area (Å²) in [5, 5.41) is 7.07. The van der Waals surface area contributed by atoms with E-state index in [0.29, 0.717) is 29.1 Å². The van der Waals surface area contributed by atoms with Gasteiger partial charge in [0.15, 0.2) is 5.96 Å². The predicted octanol–water partition coefficient (Wildman–Crippen LogP) is 2.48. The Labute approximate surface area is 140 Å². The van der Waals surface area contributed by atoms with Crippen LogP contribution in [0.15, 0.2) is 23.2 Å². The fraction of sp³-hybridized carbons (Fsp3) is 0.467. The molecule has 1 fully saturated rings. The van der Waals surface area contributed by atoms with Crippen molar-refractivity contribution in [3.05, 3.63) is 33.8 Å². The Morgan fingerprint density at radius 2 is 2.18 bits per heavy atom. The first-order chi connectivity index (χ1) is 10.5. The second-order valence-corrected chi connectivity index (χ2v) is 6.21. The van der Waals surface area contributed by atoms with Crippen LogP contribution in [0.5, 0.6) is 0 Å². The first-order valence-electron chi connectivity index (χ1n) is 7.26. The number of nitrogens with one attached hydrogen (secondary N) is 2. The standard InChI is InChI=1S/C15H20Cl2N4O/c1-9(12-5-4-11(16)8-13(12)17)21-15(18)20-7-6-19-14(22)10-2-3-10/h4-5,8-10H,2-3,6-7H2,1H3,(H,19,22)(H3,18,20,21). The lowest BCUT2D eigenvalue weighted by atomic mass is 10.1. The van der Waals surface area contributed by atoms with E-state index in [2.05, 4.69) is 15.6 Å². The molecule has 1 aromatic rings. The predicted molar refractivity (Wildman–Crippen MR) is 90.2 cm³/mol. The summed E-state index contributed by atoms with van der Waals surface area (Å²) in [4.78, 5) is 15.6. The molecule has 0 spiro atoms. The molecule has 0 radical (unpaired) electrons. The van der Waals surface area contributed by atoms with Crippen molar-refractivity contribution in [1.82, 2.24) is 10.6 Å². The molecule has 0 aromatic heterocycles. The third-order valence-corrected chi connectivity index (χ3v) is 4.00. The summed E-state index contributed by atoms with van der Waals surface area (Å²) in [6.07, 6.45) is 2.00. The highest BCUT2D eigenvalue weighted by molar-refractivity contribution is 6.35. The Morgan fingerprint density at radius 1 is 1.45 bits per heavy atom. The van der Waals surface area contributed by atoms with Crippen LogP contribution < -0.4 is 16.4 Å². The van der Waals surface area contributed by atoms with Gasteiger partial charge in [-0.15, -0.1) is 0 Å². The molecule has 1 unspecified atom stereocenters. The van der Waals surface area contributed by atoms with Gasteiger partial charge in [0.05, 0.1) is 12.6 Å². The number of amides is 1. The highest BCUT2D eigenvalue weighted by Gasteiger charge is 2.28. The average Bonchev–Trinajstić information content (AvgIpc) is 3.27. The first kappa shape index (κ1) is 16.9. The maximum atomic E-state index is 11.4. The fourth-order valence-corrected chi connectivity index (χ4v) is 2.62. The van der Waals surface area contributed by atoms with Gasteiger partial charge in [-0.3, -0.25) is 9.79 Å². The molecule has 1 aliphatic carbocycles. The Balaban J connectivity index is 1.78. The third-order valence-electron chi connectivity index (χ3n) is 3.43. The van der Waals surface area contributed by atoms with E-state index >= 15 is 0 Å². The number of carbonyl (C=O) groups is 1. The number of hydrogen-bond donors (Lipinski definition) is 3. The van der Waals surface area contributed by atoms with Crippen molar-refractivity contribution in [2.24, 2.45) is 16.6 Å². The molecular weight excluding hydrogens is 323 g/mol. The minimum Gasteiger partial charge on any atom is -0.370 e. The van der Waals surface area contributed by atoms with E-state index in [1.54, 1.807) is 12.1 Å². The molecule has 5 nitrogen and oxygen atoms in total. The molecule has 7 heteroatoms. The second-order valence-electron chi connectivity index (χ2n) is 5.36. The highest BCUT2D eigenvalue weighted by Crippen LogP contribution is 2.28. The van der Waals surface area contributed by atoms with Crippen LogP contribution in [-0.4, -0.2) is 25.0 Å². The van der Waals surface area contributed by atoms with Gasteiger partial charge in [0.2, 0.25) is 5.91 Å². The van der Waals surface area contributed by atoms with Crippen molar-refractivity contribution < 1.29 is 4.79 Å². The summed E-state index contributed by atoms with van der Waals surface area (Å²) in [5.74, 6) is 0.647. The lowest BCUT2D eigenvalue weighted by Crippen LogP contribution is -2.35. The molecule has 0 heterocycles. The van der Waals surface area contributed by atoms with E-state index in [9.17, 15) is 4.79 Å². The normalized spacial score (nSPS) is 16.2. The SMILES string of the molecule is CC(NC(N)=NCCNC(=O)C1CC1)c1ccc(Cl)cc1Cl. The van der Waals surface area contributed by atoms with Crippen molar-refractivity contribution in [1.29, 1.82) is 0 Å². The van der Waals surface area contributed by atoms with E-state index in [4.69, 9.17) is 28.9 Å². The minimum absolute atomic E-state index is 0.0884. The van der Waals surface area contributed by atoms with Crippen molar-refractivity contribution in [3.8, 4) is 0 Å². The molecule has 0 saturated heterocycles. The Bertz CT molecular complexity index is 573. The van der Waals surface area contributed by atoms with Gasteiger partial charge in [-0.05, 0) is 37.5 Å². The summed E-state index contributed by atoms with van der Waals surface area (Å²) in [6.45, 7) is 2.87. The number of aliphatic imine (C=N–C) groups is 1. The van der Waals surface area contributed by atoms with Gasteiger partial charge < -0.3 is 16.4 Å². The largest absolute Gasteiger partial charge is 0.370 e. The lowest BCUT2D eigenvalue weighted by molar-refractivity contribution is -0.122. The van der Waals surface area contributed by atoms with Crippen LogP contribution in [0.25, 0.3) is 0 Å². The first-order valence-corrected chi connectivity index (χ1v) is 8.02. The molecule has 1 aliphatic rings. The topological polar surface area (TPSA) is 79.5 Å². The molecule has 22 heavy (non-hydrogen) atoms. The number of guanidine groups is 1. The van der Waals surface area contributed by atoms with Crippen LogP contribution in [0.3, 0.4) is 0 Å². The second kappa shape index (κ2) is 7.70. The Morgan fingerprint density at radius 3 is 2.82 bits per heavy atom. The number of halogens is 2. The summed E-state index contributed by atoms with van der Waals surface area (Å²) in [5.41, 5.74) is 6.73. The van der Waals surface area contributed by atoms with E-state index in [-0.39, 0.29) is 17.9 Å². The maximum Gasteiger partial charge on any atom is 0.223 e. The van der Waals surface area contributed by atoms with Crippen molar-refractivity contribution in [2.45, 2.75) is 25.8 Å². The molecular formula is C15H20Cl2N4O. The van der Waals surface area contributed by atoms with Crippen LogP contribution in [-0.2, 0) is 4.79 Å². The molecule has 1 atom stereocenters. The fourth-order valence-electron chi connectivity index (χ4n) is 2.04. The summed E-state index contributed by atoms with van der Waals surface area (Å²) < 4.78 is 0. The molecule has 0 aliphatic heterocycles. The van der Waals surface area contributed by atoms with Gasteiger partial charge in [0.1, 0.15) is 0 Å². The van der Waals surface area contributed by atoms with Crippen LogP contribution >= 0.6 is 23.2 Å². The van der Waals surface area contributed by atoms with Crippen molar-refractivity contribution >= 4 is 35.1 Å². The van der Waals surface area contributed by atoms with E-state index < -0.39 is 0 Å². The van der Waals surface area contributed by atoms with Crippen LogP contribution in [0.1, 0.15) is 31.4 Å². The van der Waals surface area contributed by atoms with Gasteiger partial charge >= 0.3 is 0 Å². The van der Waals surface area contributed by atoms with E-state index in [1.165, 1.54) is 0 Å². The number of rotatable bonds is 6. The number of nitrogens with zero attached hydrogens (tertiary/aromatic N) is 1. The van der Waals surface area contributed by atoms with E-state index in [0.717, 1.165) is 18.4 Å². The molecule has 0 bridgehead atoms. The number of hydrogen-bond acceptors (Lipinski definition) is 2. The molecule has 1 amide bonds. The lowest BCUT2D eigenvalue weighted by Gasteiger charge is -2.16. The quantitative estimate of drug-likeness (QED) is 0.422. The third kappa shape index (κ3) is 5.07. The van der Waals surface area contributed by atoms with Crippen molar-refractivity contribution in [2.75, 3.05) is 13.1 Å². The zero-order valence-electron chi connectivity index (χ0n) is 12.4. The molecule has 1 aromatic carbocycles. The zero-order chi connectivity index (χ0) is 16.1. The highest BCUT2D eigenvalue weighted by atomic mass is 35.5. The van der Waals surface area contributed by atoms with Crippen LogP contribution in [0.2, 0.25) is 10.0 Å². The van der Waals surface area contributed by atoms with Gasteiger partial charge in [0, 0.05) is 22.5 Å².